The van der Waals surface area contributed by atoms with Gasteiger partial charge < -0.3 is 10.2 Å². The van der Waals surface area contributed by atoms with Gasteiger partial charge in [0.15, 0.2) is 5.82 Å². The molecule has 9 nitrogen and oxygen atoms in total. The van der Waals surface area contributed by atoms with E-state index >= 15 is 0 Å². The zero-order valence-electron chi connectivity index (χ0n) is 18.6. The molecule has 2 aliphatic heterocycles. The van der Waals surface area contributed by atoms with E-state index in [-0.39, 0.29) is 0 Å². The van der Waals surface area contributed by atoms with Crippen LogP contribution in [0.2, 0.25) is 0 Å². The van der Waals surface area contributed by atoms with Gasteiger partial charge in [0.25, 0.3) is 0 Å². The average molecular weight is 442 g/mol. The summed E-state index contributed by atoms with van der Waals surface area (Å²) < 4.78 is 0. The third-order valence-corrected chi connectivity index (χ3v) is 7.56. The molecule has 3 fully saturated rings. The van der Waals surface area contributed by atoms with Crippen LogP contribution in [0.25, 0.3) is 33.4 Å². The summed E-state index contributed by atoms with van der Waals surface area (Å²) in [5.74, 6) is 0.930. The largest absolute Gasteiger partial charge is 0.355 e. The van der Waals surface area contributed by atoms with Crippen LogP contribution in [0.1, 0.15) is 44.6 Å². The molecule has 4 aromatic rings. The van der Waals surface area contributed by atoms with Gasteiger partial charge in [-0.3, -0.25) is 5.10 Å². The lowest BCUT2D eigenvalue weighted by molar-refractivity contribution is 0.353. The standard InChI is InChI=1S/C24H27N9/c1-32(17-10-14-2-3-15(11-17)27-14)23-9-8-21(28-29-23)19-7-6-18(20-12-25-30-24(19)20)22-13-26-33(31-22)16-4-5-16/h6-9,12-17,27H,2-5,10-11H2,1H3,(H,25,30)/t14-,15+,17?. The lowest BCUT2D eigenvalue weighted by atomic mass is 9.98. The van der Waals surface area contributed by atoms with E-state index in [1.807, 2.05) is 17.2 Å². The Hall–Kier alpha value is -3.33. The molecule has 5 heterocycles. The maximum absolute atomic E-state index is 4.69. The first-order valence-electron chi connectivity index (χ1n) is 11.9. The number of aromatic amines is 1. The van der Waals surface area contributed by atoms with Crippen LogP contribution in [0.3, 0.4) is 0 Å². The summed E-state index contributed by atoms with van der Waals surface area (Å²) in [7, 11) is 2.15. The molecule has 33 heavy (non-hydrogen) atoms. The average Bonchev–Trinajstić information content (AvgIpc) is 3.23. The van der Waals surface area contributed by atoms with E-state index in [1.54, 1.807) is 0 Å². The number of aromatic nitrogens is 7. The van der Waals surface area contributed by atoms with Crippen LogP contribution in [-0.2, 0) is 0 Å². The number of hydrogen-bond acceptors (Lipinski definition) is 7. The molecule has 1 saturated carbocycles. The topological polar surface area (TPSA) is 100 Å². The number of rotatable bonds is 5. The highest BCUT2D eigenvalue weighted by Gasteiger charge is 2.35. The third-order valence-electron chi connectivity index (χ3n) is 7.56. The molecule has 1 aromatic carbocycles. The first-order valence-corrected chi connectivity index (χ1v) is 11.9. The molecule has 168 valence electrons. The Morgan fingerprint density at radius 3 is 2.48 bits per heavy atom. The molecule has 7 rings (SSSR count). The van der Waals surface area contributed by atoms with Crippen molar-refractivity contribution in [1.29, 1.82) is 0 Å². The van der Waals surface area contributed by atoms with E-state index in [1.165, 1.54) is 25.7 Å². The number of nitrogens with zero attached hydrogens (tertiary/aromatic N) is 7. The van der Waals surface area contributed by atoms with Gasteiger partial charge in [0.2, 0.25) is 0 Å². The van der Waals surface area contributed by atoms with Crippen molar-refractivity contribution in [2.75, 3.05) is 11.9 Å². The minimum absolute atomic E-state index is 0.463. The molecule has 0 amide bonds. The van der Waals surface area contributed by atoms with Crippen LogP contribution in [0.5, 0.6) is 0 Å². The van der Waals surface area contributed by atoms with E-state index in [4.69, 9.17) is 5.10 Å². The van der Waals surface area contributed by atoms with E-state index in [0.29, 0.717) is 24.2 Å². The van der Waals surface area contributed by atoms with Gasteiger partial charge in [-0.05, 0) is 56.7 Å². The number of benzene rings is 1. The second-order valence-electron chi connectivity index (χ2n) is 9.75. The van der Waals surface area contributed by atoms with Gasteiger partial charge in [0, 0.05) is 41.7 Å². The fourth-order valence-electron chi connectivity index (χ4n) is 5.54. The monoisotopic (exact) mass is 441 g/mol. The zero-order valence-corrected chi connectivity index (χ0v) is 18.6. The van der Waals surface area contributed by atoms with Crippen LogP contribution >= 0.6 is 0 Å². The van der Waals surface area contributed by atoms with Crippen molar-refractivity contribution >= 4 is 16.7 Å². The maximum atomic E-state index is 4.69. The number of fused-ring (bicyclic) bond motifs is 3. The molecule has 3 atom stereocenters. The van der Waals surface area contributed by atoms with Crippen LogP contribution in [0.4, 0.5) is 5.82 Å². The fourth-order valence-corrected chi connectivity index (χ4v) is 5.54. The van der Waals surface area contributed by atoms with Crippen molar-refractivity contribution in [3.63, 3.8) is 0 Å². The summed E-state index contributed by atoms with van der Waals surface area (Å²) in [5.41, 5.74) is 4.67. The Morgan fingerprint density at radius 2 is 1.73 bits per heavy atom. The van der Waals surface area contributed by atoms with Crippen LogP contribution in [0.15, 0.2) is 36.7 Å². The van der Waals surface area contributed by atoms with E-state index in [2.05, 4.69) is 67.0 Å². The number of piperidine rings is 1. The van der Waals surface area contributed by atoms with E-state index < -0.39 is 0 Å². The summed E-state index contributed by atoms with van der Waals surface area (Å²) >= 11 is 0. The first kappa shape index (κ1) is 19.2. The maximum Gasteiger partial charge on any atom is 0.151 e. The lowest BCUT2D eigenvalue weighted by Crippen LogP contribution is -2.47. The molecule has 2 N–H and O–H groups in total. The van der Waals surface area contributed by atoms with Gasteiger partial charge in [-0.15, -0.1) is 10.2 Å². The highest BCUT2D eigenvalue weighted by Crippen LogP contribution is 2.36. The van der Waals surface area contributed by atoms with Gasteiger partial charge in [-0.25, -0.2) is 0 Å². The molecule has 0 radical (unpaired) electrons. The minimum atomic E-state index is 0.463. The van der Waals surface area contributed by atoms with Gasteiger partial charge in [-0.1, -0.05) is 6.07 Å². The highest BCUT2D eigenvalue weighted by atomic mass is 15.5. The normalized spacial score (nSPS) is 24.5. The molecular formula is C24H27N9. The SMILES string of the molecule is CN(c1ccc(-c2ccc(-c3cnn(C4CC4)n3)c3cn[nH]c23)nn1)C1C[C@H]2CC[C@@H](C1)N2. The van der Waals surface area contributed by atoms with Gasteiger partial charge in [-0.2, -0.15) is 20.1 Å². The lowest BCUT2D eigenvalue weighted by Gasteiger charge is -2.36. The predicted octanol–water partition coefficient (Wildman–Crippen LogP) is 3.33. The second-order valence-corrected chi connectivity index (χ2v) is 9.75. The van der Waals surface area contributed by atoms with Gasteiger partial charge in [0.1, 0.15) is 5.69 Å². The van der Waals surface area contributed by atoms with Crippen molar-refractivity contribution in [2.45, 2.75) is 62.7 Å². The smallest absolute Gasteiger partial charge is 0.151 e. The van der Waals surface area contributed by atoms with Crippen LogP contribution in [-0.4, -0.2) is 60.6 Å². The van der Waals surface area contributed by atoms with Crippen molar-refractivity contribution < 1.29 is 0 Å². The first-order chi connectivity index (χ1) is 16.2. The Bertz CT molecular complexity index is 1290. The summed E-state index contributed by atoms with van der Waals surface area (Å²) in [6, 6.07) is 10.6. The number of nitrogens with one attached hydrogen (secondary N) is 2. The molecule has 3 aliphatic rings. The Morgan fingerprint density at radius 1 is 0.909 bits per heavy atom. The van der Waals surface area contributed by atoms with Crippen molar-refractivity contribution in [2.24, 2.45) is 0 Å². The number of anilines is 1. The molecule has 3 aromatic heterocycles. The van der Waals surface area contributed by atoms with Crippen molar-refractivity contribution in [3.8, 4) is 22.5 Å². The zero-order chi connectivity index (χ0) is 21.9. The van der Waals surface area contributed by atoms with Crippen LogP contribution < -0.4 is 10.2 Å². The third kappa shape index (κ3) is 3.30. The summed E-state index contributed by atoms with van der Waals surface area (Å²) in [6.07, 6.45) is 11.0. The molecule has 2 saturated heterocycles. The van der Waals surface area contributed by atoms with Crippen molar-refractivity contribution in [1.82, 2.24) is 40.7 Å². The number of hydrogen-bond donors (Lipinski definition) is 2. The molecular weight excluding hydrogens is 414 g/mol. The fraction of sp³-hybridized carbons (Fsp3) is 0.458. The van der Waals surface area contributed by atoms with E-state index in [0.717, 1.165) is 52.1 Å². The molecule has 2 bridgehead atoms. The Labute approximate surface area is 191 Å². The van der Waals surface area contributed by atoms with Crippen LogP contribution in [0, 0.1) is 0 Å². The molecule has 1 aliphatic carbocycles. The Kier molecular flexibility index (Phi) is 4.27. The highest BCUT2D eigenvalue weighted by molar-refractivity contribution is 6.01. The molecule has 0 spiro atoms. The molecule has 1 unspecified atom stereocenters. The number of H-pyrrole nitrogens is 1. The summed E-state index contributed by atoms with van der Waals surface area (Å²) in [6.45, 7) is 0. The second kappa shape index (κ2) is 7.34. The Balaban J connectivity index is 1.17. The predicted molar refractivity (Wildman–Crippen MR) is 126 cm³/mol. The van der Waals surface area contributed by atoms with Crippen molar-refractivity contribution in [3.05, 3.63) is 36.7 Å². The summed E-state index contributed by atoms with van der Waals surface area (Å²) in [4.78, 5) is 4.14. The minimum Gasteiger partial charge on any atom is -0.355 e. The van der Waals surface area contributed by atoms with Gasteiger partial charge in [0.05, 0.1) is 29.6 Å². The molecule has 9 heteroatoms. The van der Waals surface area contributed by atoms with Gasteiger partial charge >= 0.3 is 0 Å². The summed E-state index contributed by atoms with van der Waals surface area (Å²) in [5, 5.41) is 30.5. The van der Waals surface area contributed by atoms with E-state index in [9.17, 15) is 0 Å². The quantitative estimate of drug-likeness (QED) is 0.490.